The maximum atomic E-state index is 12.6. The highest BCUT2D eigenvalue weighted by Crippen LogP contribution is 2.39. The van der Waals surface area contributed by atoms with Crippen LogP contribution in [0.5, 0.6) is 0 Å². The molecule has 0 aromatic heterocycles. The Morgan fingerprint density at radius 3 is 2.38 bits per heavy atom. The monoisotopic (exact) mass is 314 g/mol. The molecule has 1 aliphatic heterocycles. The third-order valence-corrected chi connectivity index (χ3v) is 6.87. The Morgan fingerprint density at radius 2 is 1.90 bits per heavy atom. The number of nitriles is 1. The number of carbonyl (C=O) groups is 1. The van der Waals surface area contributed by atoms with Crippen molar-refractivity contribution in [3.63, 3.8) is 0 Å². The molecular formula is C14H22N2O4S. The second-order valence-corrected chi connectivity index (χ2v) is 8.63. The lowest BCUT2D eigenvalue weighted by Gasteiger charge is -2.32. The van der Waals surface area contributed by atoms with E-state index in [9.17, 15) is 23.6 Å². The summed E-state index contributed by atoms with van der Waals surface area (Å²) in [5.74, 6) is -1.14. The zero-order valence-electron chi connectivity index (χ0n) is 12.3. The molecule has 1 aliphatic carbocycles. The standard InChI is InChI=1S/C14H22N2O4S/c1-13(12(17)18)7-8-16(10-13)21(19,20)11-14(9-15)5-3-2-4-6-14/h2-8,10-11H2,1H3,(H,17,18). The lowest BCUT2D eigenvalue weighted by Crippen LogP contribution is -2.41. The maximum absolute atomic E-state index is 12.6. The molecule has 6 nitrogen and oxygen atoms in total. The second-order valence-electron chi connectivity index (χ2n) is 6.66. The Labute approximate surface area is 125 Å². The Morgan fingerprint density at radius 1 is 1.29 bits per heavy atom. The topological polar surface area (TPSA) is 98.5 Å². The minimum Gasteiger partial charge on any atom is -0.481 e. The molecule has 21 heavy (non-hydrogen) atoms. The van der Waals surface area contributed by atoms with Crippen molar-refractivity contribution in [1.82, 2.24) is 4.31 Å². The zero-order chi connectivity index (χ0) is 15.7. The van der Waals surface area contributed by atoms with Gasteiger partial charge in [-0.3, -0.25) is 4.79 Å². The molecule has 0 aromatic carbocycles. The van der Waals surface area contributed by atoms with Crippen LogP contribution in [0.15, 0.2) is 0 Å². The summed E-state index contributed by atoms with van der Waals surface area (Å²) in [6.45, 7) is 1.81. The molecular weight excluding hydrogens is 292 g/mol. The van der Waals surface area contributed by atoms with Crippen molar-refractivity contribution in [3.8, 4) is 6.07 Å². The van der Waals surface area contributed by atoms with Gasteiger partial charge in [-0.05, 0) is 26.2 Å². The Bertz CT molecular complexity index is 560. The summed E-state index contributed by atoms with van der Waals surface area (Å²) in [7, 11) is -3.59. The van der Waals surface area contributed by atoms with Gasteiger partial charge in [-0.1, -0.05) is 19.3 Å². The first kappa shape index (κ1) is 16.2. The van der Waals surface area contributed by atoms with Gasteiger partial charge in [-0.2, -0.15) is 5.26 Å². The normalized spacial score (nSPS) is 29.9. The molecule has 0 aromatic rings. The van der Waals surface area contributed by atoms with Crippen molar-refractivity contribution >= 4 is 16.0 Å². The van der Waals surface area contributed by atoms with E-state index < -0.39 is 26.8 Å². The van der Waals surface area contributed by atoms with Gasteiger partial charge in [0.1, 0.15) is 0 Å². The van der Waals surface area contributed by atoms with E-state index in [1.807, 2.05) is 0 Å². The summed E-state index contributed by atoms with van der Waals surface area (Å²) in [6.07, 6.45) is 4.37. The summed E-state index contributed by atoms with van der Waals surface area (Å²) in [6, 6.07) is 2.22. The average Bonchev–Trinajstić information content (AvgIpc) is 2.84. The molecule has 1 heterocycles. The number of carboxylic acid groups (broad SMARTS) is 1. The Kier molecular flexibility index (Phi) is 4.31. The molecule has 7 heteroatoms. The maximum Gasteiger partial charge on any atom is 0.310 e. The van der Waals surface area contributed by atoms with E-state index in [-0.39, 0.29) is 18.8 Å². The SMILES string of the molecule is CC1(C(=O)O)CCN(S(=O)(=O)CC2(C#N)CCCCC2)C1. The van der Waals surface area contributed by atoms with Crippen LogP contribution in [0.1, 0.15) is 45.4 Å². The van der Waals surface area contributed by atoms with Crippen molar-refractivity contribution in [2.75, 3.05) is 18.8 Å². The summed E-state index contributed by atoms with van der Waals surface area (Å²) in [5.41, 5.74) is -1.81. The third kappa shape index (κ3) is 3.22. The molecule has 0 radical (unpaired) electrons. The van der Waals surface area contributed by atoms with Crippen LogP contribution in [0.2, 0.25) is 0 Å². The Balaban J connectivity index is 2.13. The van der Waals surface area contributed by atoms with Crippen molar-refractivity contribution in [2.24, 2.45) is 10.8 Å². The van der Waals surface area contributed by atoms with Gasteiger partial charge in [-0.15, -0.1) is 0 Å². The quantitative estimate of drug-likeness (QED) is 0.849. The van der Waals surface area contributed by atoms with Gasteiger partial charge in [0.05, 0.1) is 22.7 Å². The minimum atomic E-state index is -3.59. The molecule has 0 amide bonds. The van der Waals surface area contributed by atoms with E-state index in [2.05, 4.69) is 6.07 Å². The van der Waals surface area contributed by atoms with Crippen molar-refractivity contribution in [3.05, 3.63) is 0 Å². The lowest BCUT2D eigenvalue weighted by atomic mass is 9.77. The predicted molar refractivity (Wildman–Crippen MR) is 76.9 cm³/mol. The highest BCUT2D eigenvalue weighted by molar-refractivity contribution is 7.89. The van der Waals surface area contributed by atoms with Crippen molar-refractivity contribution in [1.29, 1.82) is 5.26 Å². The Hall–Kier alpha value is -1.13. The number of sulfonamides is 1. The van der Waals surface area contributed by atoms with E-state index in [0.717, 1.165) is 19.3 Å². The van der Waals surface area contributed by atoms with Gasteiger partial charge in [0.25, 0.3) is 0 Å². The molecule has 1 N–H and O–H groups in total. The molecule has 2 fully saturated rings. The second kappa shape index (κ2) is 5.58. The number of hydrogen-bond acceptors (Lipinski definition) is 4. The first-order chi connectivity index (χ1) is 9.73. The fourth-order valence-corrected chi connectivity index (χ4v) is 5.37. The van der Waals surface area contributed by atoms with Gasteiger partial charge in [0, 0.05) is 13.1 Å². The highest BCUT2D eigenvalue weighted by Gasteiger charge is 2.47. The van der Waals surface area contributed by atoms with E-state index in [1.54, 1.807) is 6.92 Å². The van der Waals surface area contributed by atoms with Gasteiger partial charge >= 0.3 is 5.97 Å². The number of rotatable bonds is 4. The molecule has 1 saturated carbocycles. The fraction of sp³-hybridized carbons (Fsp3) is 0.857. The predicted octanol–water partition coefficient (Wildman–Crippen LogP) is 1.59. The minimum absolute atomic E-state index is 0.00613. The van der Waals surface area contributed by atoms with E-state index in [4.69, 9.17) is 0 Å². The van der Waals surface area contributed by atoms with Gasteiger partial charge in [-0.25, -0.2) is 12.7 Å². The van der Waals surface area contributed by atoms with Crippen LogP contribution in [-0.4, -0.2) is 42.6 Å². The van der Waals surface area contributed by atoms with Gasteiger partial charge < -0.3 is 5.11 Å². The first-order valence-corrected chi connectivity index (χ1v) is 8.97. The van der Waals surface area contributed by atoms with Crippen LogP contribution < -0.4 is 0 Å². The lowest BCUT2D eigenvalue weighted by molar-refractivity contribution is -0.146. The molecule has 2 rings (SSSR count). The third-order valence-electron chi connectivity index (χ3n) is 4.85. The van der Waals surface area contributed by atoms with Crippen LogP contribution in [0.4, 0.5) is 0 Å². The molecule has 0 bridgehead atoms. The zero-order valence-corrected chi connectivity index (χ0v) is 13.2. The summed E-state index contributed by atoms with van der Waals surface area (Å²) in [4.78, 5) is 11.2. The van der Waals surface area contributed by atoms with E-state index >= 15 is 0 Å². The first-order valence-electron chi connectivity index (χ1n) is 7.36. The summed E-state index contributed by atoms with van der Waals surface area (Å²) in [5, 5.41) is 18.6. The van der Waals surface area contributed by atoms with Crippen LogP contribution in [0, 0.1) is 22.2 Å². The van der Waals surface area contributed by atoms with E-state index in [1.165, 1.54) is 4.31 Å². The van der Waals surface area contributed by atoms with E-state index in [0.29, 0.717) is 19.3 Å². The van der Waals surface area contributed by atoms with Crippen molar-refractivity contribution < 1.29 is 18.3 Å². The molecule has 1 atom stereocenters. The molecule has 0 spiro atoms. The van der Waals surface area contributed by atoms with Crippen LogP contribution in [-0.2, 0) is 14.8 Å². The fourth-order valence-electron chi connectivity index (χ4n) is 3.29. The number of carboxylic acids is 1. The van der Waals surface area contributed by atoms with Gasteiger partial charge in [0.15, 0.2) is 0 Å². The summed E-state index contributed by atoms with van der Waals surface area (Å²) >= 11 is 0. The largest absolute Gasteiger partial charge is 0.481 e. The van der Waals surface area contributed by atoms with Crippen LogP contribution in [0.3, 0.4) is 0 Å². The number of nitrogens with zero attached hydrogens (tertiary/aromatic N) is 2. The van der Waals surface area contributed by atoms with Gasteiger partial charge in [0.2, 0.25) is 10.0 Å². The molecule has 1 saturated heterocycles. The summed E-state index contributed by atoms with van der Waals surface area (Å²) < 4.78 is 26.4. The average molecular weight is 314 g/mol. The van der Waals surface area contributed by atoms with Crippen LogP contribution >= 0.6 is 0 Å². The highest BCUT2D eigenvalue weighted by atomic mass is 32.2. The van der Waals surface area contributed by atoms with Crippen LogP contribution in [0.25, 0.3) is 0 Å². The number of aliphatic carboxylic acids is 1. The molecule has 2 aliphatic rings. The smallest absolute Gasteiger partial charge is 0.310 e. The molecule has 1 unspecified atom stereocenters. The van der Waals surface area contributed by atoms with Crippen molar-refractivity contribution in [2.45, 2.75) is 45.4 Å². The number of hydrogen-bond donors (Lipinski definition) is 1. The molecule has 118 valence electrons.